The zero-order chi connectivity index (χ0) is 31.8. The van der Waals surface area contributed by atoms with Crippen molar-refractivity contribution in [3.63, 3.8) is 0 Å². The number of Topliss-reactive ketones (excluding diaryl/α,β-unsaturated/α-hetero) is 3. The van der Waals surface area contributed by atoms with Crippen LogP contribution in [0.5, 0.6) is 0 Å². The average molecular weight is 584 g/mol. The van der Waals surface area contributed by atoms with Gasteiger partial charge in [0, 0.05) is 42.8 Å². The summed E-state index contributed by atoms with van der Waals surface area (Å²) in [5, 5.41) is 1.01. The van der Waals surface area contributed by atoms with Crippen LogP contribution in [-0.4, -0.2) is 22.3 Å². The molecule has 43 heavy (non-hydrogen) atoms. The van der Waals surface area contributed by atoms with E-state index in [0.717, 1.165) is 55.0 Å². The molecular weight excluding hydrogens is 530 g/mol. The first-order valence-corrected chi connectivity index (χ1v) is 16.0. The number of para-hydroxylation sites is 1. The highest BCUT2D eigenvalue weighted by Crippen LogP contribution is 2.22. The Bertz CT molecular complexity index is 1460. The van der Waals surface area contributed by atoms with Gasteiger partial charge in [0.25, 0.3) is 0 Å². The van der Waals surface area contributed by atoms with E-state index in [2.05, 4.69) is 50.0 Å². The molecule has 4 heteroatoms. The van der Waals surface area contributed by atoms with Crippen molar-refractivity contribution in [3.05, 3.63) is 106 Å². The Labute approximate surface area is 260 Å². The van der Waals surface area contributed by atoms with Crippen molar-refractivity contribution >= 4 is 28.3 Å². The predicted molar refractivity (Wildman–Crippen MR) is 183 cm³/mol. The van der Waals surface area contributed by atoms with Crippen molar-refractivity contribution in [2.45, 2.75) is 99.8 Å². The fraction of sp³-hybridized carbons (Fsp3) is 0.410. The number of carbonyl (C=O) groups is 3. The van der Waals surface area contributed by atoms with E-state index in [4.69, 9.17) is 0 Å². The van der Waals surface area contributed by atoms with Crippen LogP contribution < -0.4 is 0 Å². The maximum atomic E-state index is 12.3. The van der Waals surface area contributed by atoms with E-state index >= 15 is 0 Å². The number of H-pyrrole nitrogens is 1. The second-order valence-electron chi connectivity index (χ2n) is 11.0. The van der Waals surface area contributed by atoms with Gasteiger partial charge in [0.2, 0.25) is 0 Å². The highest BCUT2D eigenvalue weighted by Gasteiger charge is 2.16. The molecule has 1 atom stereocenters. The van der Waals surface area contributed by atoms with Crippen molar-refractivity contribution in [1.29, 1.82) is 0 Å². The van der Waals surface area contributed by atoms with Gasteiger partial charge in [0.05, 0.1) is 0 Å². The normalized spacial score (nSPS) is 11.1. The number of ketones is 3. The summed E-state index contributed by atoms with van der Waals surface area (Å²) in [4.78, 5) is 38.3. The molecule has 0 aliphatic heterocycles. The SMILES string of the molecule is CC.CCc1cc(CCC[C@H](CC(C)=O)C(C)=O)cc(C)c1CC.O=C(CCc1ccccc1)c1c[nH]c2ccccc12.[HH]. The van der Waals surface area contributed by atoms with Crippen LogP contribution >= 0.6 is 0 Å². The highest BCUT2D eigenvalue weighted by molar-refractivity contribution is 6.07. The van der Waals surface area contributed by atoms with Crippen LogP contribution in [0.4, 0.5) is 0 Å². The molecule has 0 amide bonds. The summed E-state index contributed by atoms with van der Waals surface area (Å²) >= 11 is 0. The standard InChI is InChI=1S/C20H30O2.C17H15NO.C2H6.H2/c1-6-18-13-17(11-14(3)20(18)7-2)9-8-10-19(16(5)22)12-15(4)21;19-17(11-10-13-6-2-1-3-7-13)15-12-18-16-9-5-4-8-14(15)16;1-2;/h11,13,19H,6-10,12H2,1-5H3;1-9,12,18H,10-11H2;1-2H3;1H/t19-;;;/m1.../s1. The van der Waals surface area contributed by atoms with Crippen molar-refractivity contribution < 1.29 is 15.8 Å². The number of benzene rings is 3. The lowest BCUT2D eigenvalue weighted by atomic mass is 9.90. The number of carbonyl (C=O) groups excluding carboxylic acids is 3. The molecule has 4 nitrogen and oxygen atoms in total. The monoisotopic (exact) mass is 583 g/mol. The number of fused-ring (bicyclic) bond motifs is 1. The summed E-state index contributed by atoms with van der Waals surface area (Å²) in [6.07, 6.45) is 8.46. The Morgan fingerprint density at radius 1 is 0.837 bits per heavy atom. The minimum absolute atomic E-state index is 0. The Morgan fingerprint density at radius 2 is 1.51 bits per heavy atom. The third-order valence-corrected chi connectivity index (χ3v) is 7.86. The van der Waals surface area contributed by atoms with E-state index in [0.29, 0.717) is 12.8 Å². The van der Waals surface area contributed by atoms with Crippen LogP contribution in [0.2, 0.25) is 0 Å². The fourth-order valence-corrected chi connectivity index (χ4v) is 5.62. The lowest BCUT2D eigenvalue weighted by Gasteiger charge is -2.15. The van der Waals surface area contributed by atoms with Gasteiger partial charge in [-0.1, -0.05) is 88.4 Å². The molecule has 232 valence electrons. The Kier molecular flexibility index (Phi) is 15.4. The van der Waals surface area contributed by atoms with E-state index < -0.39 is 0 Å². The lowest BCUT2D eigenvalue weighted by Crippen LogP contribution is -2.14. The Morgan fingerprint density at radius 3 is 2.14 bits per heavy atom. The fourth-order valence-electron chi connectivity index (χ4n) is 5.62. The zero-order valence-corrected chi connectivity index (χ0v) is 27.4. The first kappa shape index (κ1) is 35.4. The average Bonchev–Trinajstić information content (AvgIpc) is 3.45. The van der Waals surface area contributed by atoms with Gasteiger partial charge >= 0.3 is 0 Å². The number of aromatic amines is 1. The third kappa shape index (κ3) is 11.1. The Balaban J connectivity index is 0.000000410. The molecule has 0 fully saturated rings. The molecule has 1 heterocycles. The molecule has 3 aromatic carbocycles. The van der Waals surface area contributed by atoms with Gasteiger partial charge in [0.15, 0.2) is 5.78 Å². The first-order chi connectivity index (χ1) is 20.7. The lowest BCUT2D eigenvalue weighted by molar-refractivity contribution is -0.126. The van der Waals surface area contributed by atoms with Gasteiger partial charge in [0.1, 0.15) is 11.6 Å². The van der Waals surface area contributed by atoms with Crippen LogP contribution in [0.15, 0.2) is 72.9 Å². The van der Waals surface area contributed by atoms with E-state index in [1.54, 1.807) is 13.8 Å². The maximum Gasteiger partial charge on any atom is 0.165 e. The molecule has 0 saturated carbocycles. The van der Waals surface area contributed by atoms with Gasteiger partial charge in [-0.3, -0.25) is 9.59 Å². The summed E-state index contributed by atoms with van der Waals surface area (Å²) in [5.41, 5.74) is 8.68. The van der Waals surface area contributed by atoms with E-state index in [9.17, 15) is 14.4 Å². The van der Waals surface area contributed by atoms with Crippen LogP contribution in [0.25, 0.3) is 10.9 Å². The van der Waals surface area contributed by atoms with Crippen molar-refractivity contribution in [3.8, 4) is 0 Å². The van der Waals surface area contributed by atoms with Gasteiger partial charge in [-0.25, -0.2) is 0 Å². The summed E-state index contributed by atoms with van der Waals surface area (Å²) in [7, 11) is 0. The van der Waals surface area contributed by atoms with Gasteiger partial charge in [-0.2, -0.15) is 0 Å². The minimum Gasteiger partial charge on any atom is -0.360 e. The smallest absolute Gasteiger partial charge is 0.165 e. The molecule has 0 aliphatic rings. The molecule has 0 unspecified atom stereocenters. The van der Waals surface area contributed by atoms with Crippen molar-refractivity contribution in [2.24, 2.45) is 5.92 Å². The van der Waals surface area contributed by atoms with Crippen LogP contribution in [-0.2, 0) is 35.3 Å². The van der Waals surface area contributed by atoms with Crippen molar-refractivity contribution in [1.82, 2.24) is 4.98 Å². The molecule has 4 rings (SSSR count). The van der Waals surface area contributed by atoms with E-state index in [1.807, 2.05) is 62.5 Å². The molecule has 0 bridgehead atoms. The molecular formula is C39H53NO3. The summed E-state index contributed by atoms with van der Waals surface area (Å²) in [6, 6.07) is 22.6. The molecule has 0 aliphatic carbocycles. The second kappa shape index (κ2) is 18.7. The van der Waals surface area contributed by atoms with Gasteiger partial charge in [-0.05, 0) is 93.2 Å². The molecule has 0 saturated heterocycles. The number of hydrogen-bond acceptors (Lipinski definition) is 3. The van der Waals surface area contributed by atoms with E-state index in [-0.39, 0.29) is 24.7 Å². The zero-order valence-electron chi connectivity index (χ0n) is 27.4. The van der Waals surface area contributed by atoms with Crippen LogP contribution in [0.1, 0.15) is 107 Å². The predicted octanol–water partition coefficient (Wildman–Crippen LogP) is 9.88. The largest absolute Gasteiger partial charge is 0.360 e. The number of hydrogen-bond donors (Lipinski definition) is 1. The summed E-state index contributed by atoms with van der Waals surface area (Å²) < 4.78 is 0. The quantitative estimate of drug-likeness (QED) is 0.159. The molecule has 4 aromatic rings. The number of rotatable bonds is 13. The molecule has 1 N–H and O–H groups in total. The summed E-state index contributed by atoms with van der Waals surface area (Å²) in [5.74, 6) is 0.346. The highest BCUT2D eigenvalue weighted by atomic mass is 16.1. The Hall–Kier alpha value is -3.79. The van der Waals surface area contributed by atoms with Gasteiger partial charge in [-0.15, -0.1) is 0 Å². The number of aryl methyl sites for hydroxylation is 4. The molecule has 1 aromatic heterocycles. The van der Waals surface area contributed by atoms with Crippen LogP contribution in [0, 0.1) is 12.8 Å². The topological polar surface area (TPSA) is 67.0 Å². The number of nitrogens with one attached hydrogen (secondary N) is 1. The van der Waals surface area contributed by atoms with Crippen molar-refractivity contribution in [2.75, 3.05) is 0 Å². The number of aromatic nitrogens is 1. The first-order valence-electron chi connectivity index (χ1n) is 16.0. The van der Waals surface area contributed by atoms with E-state index in [1.165, 1.54) is 27.8 Å². The maximum absolute atomic E-state index is 12.3. The second-order valence-corrected chi connectivity index (χ2v) is 11.0. The summed E-state index contributed by atoms with van der Waals surface area (Å²) in [6.45, 7) is 13.8. The third-order valence-electron chi connectivity index (χ3n) is 7.86. The van der Waals surface area contributed by atoms with Gasteiger partial charge < -0.3 is 9.78 Å². The minimum atomic E-state index is -0.0980. The van der Waals surface area contributed by atoms with Crippen LogP contribution in [0.3, 0.4) is 0 Å². The molecule has 0 spiro atoms. The molecule has 0 radical (unpaired) electrons.